The molecule has 2 N–H and O–H groups in total. The third-order valence-electron chi connectivity index (χ3n) is 3.16. The maximum Gasteiger partial charge on any atom is 0.255 e. The van der Waals surface area contributed by atoms with Crippen LogP contribution in [0, 0.1) is 0 Å². The van der Waals surface area contributed by atoms with Gasteiger partial charge in [0.1, 0.15) is 11.6 Å². The van der Waals surface area contributed by atoms with Crippen LogP contribution in [0.2, 0.25) is 0 Å². The van der Waals surface area contributed by atoms with Gasteiger partial charge in [-0.1, -0.05) is 12.1 Å². The zero-order valence-electron chi connectivity index (χ0n) is 11.7. The molecular formula is C13H23N3O3. The molecule has 1 aliphatic heterocycles. The van der Waals surface area contributed by atoms with Gasteiger partial charge in [-0.25, -0.2) is 0 Å². The van der Waals surface area contributed by atoms with Crippen molar-refractivity contribution >= 4 is 0 Å². The van der Waals surface area contributed by atoms with E-state index in [-0.39, 0.29) is 6.10 Å². The highest BCUT2D eigenvalue weighted by Gasteiger charge is 2.30. The number of ether oxygens (including phenoxy) is 2. The lowest BCUT2D eigenvalue weighted by Gasteiger charge is -2.20. The molecule has 1 aliphatic rings. The van der Waals surface area contributed by atoms with E-state index >= 15 is 0 Å². The Labute approximate surface area is 113 Å². The highest BCUT2D eigenvalue weighted by molar-refractivity contribution is 5.03. The molecule has 0 amide bonds. The SMILES string of the molecule is CCCOCC(C)(N)c1noc(C2CCCCO2)n1. The Morgan fingerprint density at radius 1 is 1.47 bits per heavy atom. The molecule has 1 aromatic heterocycles. The van der Waals surface area contributed by atoms with Crippen LogP contribution in [0.4, 0.5) is 0 Å². The van der Waals surface area contributed by atoms with Gasteiger partial charge in [-0.15, -0.1) is 0 Å². The standard InChI is InChI=1S/C13H23N3O3/c1-3-7-17-9-13(2,14)12-15-11(19-16-12)10-6-4-5-8-18-10/h10H,3-9,14H2,1-2H3. The molecule has 1 aromatic rings. The molecule has 0 bridgehead atoms. The average Bonchev–Trinajstić information content (AvgIpc) is 2.90. The van der Waals surface area contributed by atoms with Crippen molar-refractivity contribution in [2.24, 2.45) is 5.73 Å². The van der Waals surface area contributed by atoms with Crippen molar-refractivity contribution in [3.8, 4) is 0 Å². The lowest BCUT2D eigenvalue weighted by molar-refractivity contribution is -0.00459. The first kappa shape index (κ1) is 14.4. The minimum absolute atomic E-state index is 0.0811. The molecule has 0 aromatic carbocycles. The molecule has 108 valence electrons. The van der Waals surface area contributed by atoms with E-state index in [0.29, 0.717) is 24.9 Å². The molecule has 2 heterocycles. The molecule has 0 radical (unpaired) electrons. The Morgan fingerprint density at radius 2 is 2.32 bits per heavy atom. The summed E-state index contributed by atoms with van der Waals surface area (Å²) < 4.78 is 16.4. The van der Waals surface area contributed by atoms with Crippen LogP contribution in [0.25, 0.3) is 0 Å². The van der Waals surface area contributed by atoms with Crippen molar-refractivity contribution in [3.63, 3.8) is 0 Å². The fourth-order valence-corrected chi connectivity index (χ4v) is 2.03. The van der Waals surface area contributed by atoms with Gasteiger partial charge >= 0.3 is 0 Å². The molecule has 1 saturated heterocycles. The molecule has 0 aliphatic carbocycles. The van der Waals surface area contributed by atoms with Gasteiger partial charge in [0.25, 0.3) is 5.89 Å². The van der Waals surface area contributed by atoms with Gasteiger partial charge in [-0.2, -0.15) is 4.98 Å². The molecule has 6 nitrogen and oxygen atoms in total. The molecule has 2 rings (SSSR count). The van der Waals surface area contributed by atoms with Crippen LogP contribution in [0.15, 0.2) is 4.52 Å². The summed E-state index contributed by atoms with van der Waals surface area (Å²) in [5.74, 6) is 1.01. The Hall–Kier alpha value is -0.980. The topological polar surface area (TPSA) is 83.4 Å². The maximum atomic E-state index is 6.17. The van der Waals surface area contributed by atoms with Crippen LogP contribution >= 0.6 is 0 Å². The fraction of sp³-hybridized carbons (Fsp3) is 0.846. The number of hydrogen-bond donors (Lipinski definition) is 1. The van der Waals surface area contributed by atoms with Crippen molar-refractivity contribution in [3.05, 3.63) is 11.7 Å². The van der Waals surface area contributed by atoms with Crippen LogP contribution in [0.5, 0.6) is 0 Å². The van der Waals surface area contributed by atoms with Gasteiger partial charge in [0.2, 0.25) is 0 Å². The second-order valence-electron chi connectivity index (χ2n) is 5.28. The summed E-state index contributed by atoms with van der Waals surface area (Å²) in [6.07, 6.45) is 4.03. The van der Waals surface area contributed by atoms with Gasteiger partial charge in [-0.05, 0) is 32.6 Å². The predicted octanol–water partition coefficient (Wildman–Crippen LogP) is 1.91. The molecular weight excluding hydrogens is 246 g/mol. The van der Waals surface area contributed by atoms with Crippen molar-refractivity contribution in [2.75, 3.05) is 19.8 Å². The van der Waals surface area contributed by atoms with Crippen LogP contribution in [0.1, 0.15) is 57.3 Å². The Morgan fingerprint density at radius 3 is 3.00 bits per heavy atom. The van der Waals surface area contributed by atoms with Crippen LogP contribution in [0.3, 0.4) is 0 Å². The van der Waals surface area contributed by atoms with E-state index in [9.17, 15) is 0 Å². The van der Waals surface area contributed by atoms with Gasteiger partial charge in [-0.3, -0.25) is 0 Å². The van der Waals surface area contributed by atoms with Gasteiger partial charge in [0.15, 0.2) is 5.82 Å². The highest BCUT2D eigenvalue weighted by Crippen LogP contribution is 2.27. The molecule has 2 unspecified atom stereocenters. The summed E-state index contributed by atoms with van der Waals surface area (Å²) in [5, 5.41) is 3.97. The van der Waals surface area contributed by atoms with E-state index in [1.807, 2.05) is 6.92 Å². The minimum atomic E-state index is -0.731. The van der Waals surface area contributed by atoms with Crippen molar-refractivity contribution < 1.29 is 14.0 Å². The Kier molecular flexibility index (Phi) is 4.90. The predicted molar refractivity (Wildman–Crippen MR) is 69.5 cm³/mol. The molecule has 2 atom stereocenters. The van der Waals surface area contributed by atoms with Crippen molar-refractivity contribution in [1.29, 1.82) is 0 Å². The van der Waals surface area contributed by atoms with Gasteiger partial charge in [0.05, 0.1) is 6.61 Å². The Balaban J connectivity index is 1.98. The smallest absolute Gasteiger partial charge is 0.255 e. The van der Waals surface area contributed by atoms with Crippen LogP contribution in [-0.2, 0) is 15.0 Å². The number of rotatable bonds is 6. The largest absolute Gasteiger partial charge is 0.379 e. The Bertz CT molecular complexity index is 386. The van der Waals surface area contributed by atoms with Crippen molar-refractivity contribution in [2.45, 2.75) is 51.2 Å². The summed E-state index contributed by atoms with van der Waals surface area (Å²) in [5.41, 5.74) is 5.44. The summed E-state index contributed by atoms with van der Waals surface area (Å²) in [4.78, 5) is 4.38. The first-order valence-corrected chi connectivity index (χ1v) is 6.96. The molecule has 6 heteroatoms. The lowest BCUT2D eigenvalue weighted by atomic mass is 10.0. The fourth-order valence-electron chi connectivity index (χ4n) is 2.03. The second kappa shape index (κ2) is 6.45. The first-order valence-electron chi connectivity index (χ1n) is 6.96. The third-order valence-corrected chi connectivity index (χ3v) is 3.16. The first-order chi connectivity index (χ1) is 9.13. The van der Waals surface area contributed by atoms with E-state index in [1.54, 1.807) is 0 Å². The third kappa shape index (κ3) is 3.75. The minimum Gasteiger partial charge on any atom is -0.379 e. The number of aromatic nitrogens is 2. The zero-order chi connectivity index (χ0) is 13.7. The van der Waals surface area contributed by atoms with E-state index < -0.39 is 5.54 Å². The summed E-state index contributed by atoms with van der Waals surface area (Å²) >= 11 is 0. The second-order valence-corrected chi connectivity index (χ2v) is 5.28. The van der Waals surface area contributed by atoms with E-state index in [0.717, 1.165) is 32.3 Å². The normalized spacial score (nSPS) is 23.2. The highest BCUT2D eigenvalue weighted by atomic mass is 16.5. The van der Waals surface area contributed by atoms with E-state index in [4.69, 9.17) is 19.7 Å². The molecule has 1 fully saturated rings. The summed E-state index contributed by atoms with van der Waals surface area (Å²) in [7, 11) is 0. The average molecular weight is 269 g/mol. The van der Waals surface area contributed by atoms with Crippen molar-refractivity contribution in [1.82, 2.24) is 10.1 Å². The van der Waals surface area contributed by atoms with Crippen LogP contribution < -0.4 is 5.73 Å². The molecule has 0 spiro atoms. The summed E-state index contributed by atoms with van der Waals surface area (Å²) in [6.45, 7) is 5.72. The monoisotopic (exact) mass is 269 g/mol. The number of nitrogens with zero attached hydrogens (tertiary/aromatic N) is 2. The lowest BCUT2D eigenvalue weighted by Crippen LogP contribution is -2.39. The number of hydrogen-bond acceptors (Lipinski definition) is 6. The quantitative estimate of drug-likeness (QED) is 0.794. The van der Waals surface area contributed by atoms with Crippen LogP contribution in [-0.4, -0.2) is 30.0 Å². The van der Waals surface area contributed by atoms with E-state index in [2.05, 4.69) is 17.1 Å². The maximum absolute atomic E-state index is 6.17. The van der Waals surface area contributed by atoms with E-state index in [1.165, 1.54) is 0 Å². The van der Waals surface area contributed by atoms with Gasteiger partial charge in [0, 0.05) is 13.2 Å². The zero-order valence-corrected chi connectivity index (χ0v) is 11.7. The number of nitrogens with two attached hydrogens (primary N) is 1. The molecule has 19 heavy (non-hydrogen) atoms. The summed E-state index contributed by atoms with van der Waals surface area (Å²) in [6, 6.07) is 0. The van der Waals surface area contributed by atoms with Gasteiger partial charge < -0.3 is 19.7 Å². The molecule has 0 saturated carbocycles.